The molecule has 1 aromatic heterocycles. The predicted octanol–water partition coefficient (Wildman–Crippen LogP) is 3.05. The van der Waals surface area contributed by atoms with Crippen molar-refractivity contribution in [2.24, 2.45) is 0 Å². The number of aromatic amines is 1. The number of methoxy groups -OCH3 is 1. The van der Waals surface area contributed by atoms with Crippen molar-refractivity contribution in [2.45, 2.75) is 13.3 Å². The van der Waals surface area contributed by atoms with Gasteiger partial charge < -0.3 is 9.72 Å². The van der Waals surface area contributed by atoms with Gasteiger partial charge in [0.2, 0.25) is 0 Å². The van der Waals surface area contributed by atoms with Crippen LogP contribution in [0.15, 0.2) is 30.3 Å². The number of rotatable bonds is 3. The Labute approximate surface area is 105 Å². The highest BCUT2D eigenvalue weighted by Gasteiger charge is 2.00. The van der Waals surface area contributed by atoms with Crippen molar-refractivity contribution in [3.05, 3.63) is 52.1 Å². The first-order chi connectivity index (χ1) is 8.17. The normalized spacial score (nSPS) is 10.2. The van der Waals surface area contributed by atoms with Gasteiger partial charge in [-0.3, -0.25) is 0 Å². The summed E-state index contributed by atoms with van der Waals surface area (Å²) in [6.45, 7) is 1.98. The summed E-state index contributed by atoms with van der Waals surface area (Å²) in [5.41, 5.74) is 2.18. The largest absolute Gasteiger partial charge is 0.497 e. The van der Waals surface area contributed by atoms with E-state index in [2.05, 4.69) is 9.97 Å². The highest BCUT2D eigenvalue weighted by Crippen LogP contribution is 2.14. The van der Waals surface area contributed by atoms with Crippen LogP contribution in [0.25, 0.3) is 0 Å². The number of nitrogens with zero attached hydrogens (tertiary/aromatic N) is 1. The maximum absolute atomic E-state index is 5.19. The summed E-state index contributed by atoms with van der Waals surface area (Å²) in [6.07, 6.45) is 0.725. The van der Waals surface area contributed by atoms with E-state index in [9.17, 15) is 0 Å². The van der Waals surface area contributed by atoms with Gasteiger partial charge in [0.25, 0.3) is 0 Å². The lowest BCUT2D eigenvalue weighted by Crippen LogP contribution is -1.98. The van der Waals surface area contributed by atoms with Gasteiger partial charge in [0, 0.05) is 12.1 Å². The quantitative estimate of drug-likeness (QED) is 0.846. The van der Waals surface area contributed by atoms with Crippen LogP contribution < -0.4 is 4.74 Å². The number of nitrogens with one attached hydrogen (secondary N) is 1. The topological polar surface area (TPSA) is 37.9 Å². The van der Waals surface area contributed by atoms with Gasteiger partial charge in [0.15, 0.2) is 0 Å². The number of hydrogen-bond donors (Lipinski definition) is 1. The zero-order valence-corrected chi connectivity index (χ0v) is 10.7. The van der Waals surface area contributed by atoms with Crippen LogP contribution in [0, 0.1) is 11.6 Å². The van der Waals surface area contributed by atoms with Gasteiger partial charge in [0.1, 0.15) is 16.2 Å². The Morgan fingerprint density at radius 3 is 2.88 bits per heavy atom. The van der Waals surface area contributed by atoms with E-state index < -0.39 is 0 Å². The Balaban J connectivity index is 2.27. The summed E-state index contributed by atoms with van der Waals surface area (Å²) in [5, 5.41) is 0. The van der Waals surface area contributed by atoms with Crippen LogP contribution in [0.2, 0.25) is 0 Å². The molecule has 1 heterocycles. The minimum Gasteiger partial charge on any atom is -0.497 e. The summed E-state index contributed by atoms with van der Waals surface area (Å²) in [6, 6.07) is 9.79. The monoisotopic (exact) mass is 246 g/mol. The number of aromatic nitrogens is 2. The lowest BCUT2D eigenvalue weighted by molar-refractivity contribution is 0.414. The standard InChI is InChI=1S/C13H14N2OS/c1-9-6-13(17)15-12(14-9)8-10-4-3-5-11(7-10)16-2/h3-7H,8H2,1-2H3,(H,14,15,17). The Hall–Kier alpha value is -1.68. The highest BCUT2D eigenvalue weighted by molar-refractivity contribution is 7.71. The van der Waals surface area contributed by atoms with Gasteiger partial charge in [-0.25, -0.2) is 4.98 Å². The summed E-state index contributed by atoms with van der Waals surface area (Å²) < 4.78 is 5.81. The first-order valence-corrected chi connectivity index (χ1v) is 5.78. The number of hydrogen-bond acceptors (Lipinski definition) is 3. The minimum atomic E-state index is 0.624. The molecule has 0 fully saturated rings. The molecule has 0 saturated heterocycles. The molecular formula is C13H14N2OS. The van der Waals surface area contributed by atoms with Gasteiger partial charge in [0.05, 0.1) is 7.11 Å². The lowest BCUT2D eigenvalue weighted by Gasteiger charge is -2.05. The smallest absolute Gasteiger partial charge is 0.129 e. The van der Waals surface area contributed by atoms with Crippen molar-refractivity contribution in [3.8, 4) is 5.75 Å². The Kier molecular flexibility index (Phi) is 3.54. The van der Waals surface area contributed by atoms with E-state index in [1.807, 2.05) is 37.3 Å². The summed E-state index contributed by atoms with van der Waals surface area (Å²) in [7, 11) is 1.66. The van der Waals surface area contributed by atoms with E-state index in [-0.39, 0.29) is 0 Å². The zero-order chi connectivity index (χ0) is 12.3. The molecule has 2 rings (SSSR count). The van der Waals surface area contributed by atoms with Crippen LogP contribution in [-0.2, 0) is 6.42 Å². The molecule has 0 aliphatic rings. The second kappa shape index (κ2) is 5.10. The molecule has 1 aromatic carbocycles. The first-order valence-electron chi connectivity index (χ1n) is 5.37. The molecule has 4 heteroatoms. The average Bonchev–Trinajstić information content (AvgIpc) is 2.28. The Morgan fingerprint density at radius 2 is 2.18 bits per heavy atom. The third-order valence-electron chi connectivity index (χ3n) is 2.43. The van der Waals surface area contributed by atoms with Crippen LogP contribution in [0.3, 0.4) is 0 Å². The Bertz CT molecular complexity index is 578. The van der Waals surface area contributed by atoms with Gasteiger partial charge in [-0.15, -0.1) is 0 Å². The van der Waals surface area contributed by atoms with Gasteiger partial charge in [-0.05, 0) is 30.7 Å². The lowest BCUT2D eigenvalue weighted by atomic mass is 10.1. The molecule has 0 bridgehead atoms. The molecule has 0 amide bonds. The molecule has 1 N–H and O–H groups in total. The van der Waals surface area contributed by atoms with Gasteiger partial charge in [-0.2, -0.15) is 0 Å². The molecule has 0 radical (unpaired) electrons. The molecule has 2 aromatic rings. The van der Waals surface area contributed by atoms with Crippen molar-refractivity contribution in [1.29, 1.82) is 0 Å². The maximum Gasteiger partial charge on any atom is 0.129 e. The van der Waals surface area contributed by atoms with Crippen LogP contribution in [-0.4, -0.2) is 17.1 Å². The van der Waals surface area contributed by atoms with Crippen LogP contribution in [0.1, 0.15) is 17.1 Å². The number of aryl methyl sites for hydroxylation is 1. The second-order valence-corrected chi connectivity index (χ2v) is 4.30. The SMILES string of the molecule is COc1cccc(Cc2nc(=S)cc(C)[nH]2)c1. The molecule has 0 aliphatic carbocycles. The summed E-state index contributed by atoms with van der Waals surface area (Å²) in [5.74, 6) is 1.73. The molecule has 3 nitrogen and oxygen atoms in total. The predicted molar refractivity (Wildman–Crippen MR) is 70.0 cm³/mol. The van der Waals surface area contributed by atoms with Gasteiger partial charge in [-0.1, -0.05) is 24.4 Å². The van der Waals surface area contributed by atoms with E-state index in [1.165, 1.54) is 0 Å². The number of H-pyrrole nitrogens is 1. The molecule has 0 aliphatic heterocycles. The van der Waals surface area contributed by atoms with Crippen LogP contribution >= 0.6 is 12.2 Å². The molecule has 17 heavy (non-hydrogen) atoms. The fraction of sp³-hybridized carbons (Fsp3) is 0.231. The van der Waals surface area contributed by atoms with Crippen molar-refractivity contribution >= 4 is 12.2 Å². The van der Waals surface area contributed by atoms with E-state index in [4.69, 9.17) is 17.0 Å². The fourth-order valence-electron chi connectivity index (χ4n) is 1.70. The molecule has 0 atom stereocenters. The third kappa shape index (κ3) is 3.14. The molecule has 88 valence electrons. The van der Waals surface area contributed by atoms with E-state index >= 15 is 0 Å². The van der Waals surface area contributed by atoms with Gasteiger partial charge >= 0.3 is 0 Å². The Morgan fingerprint density at radius 1 is 1.35 bits per heavy atom. The highest BCUT2D eigenvalue weighted by atomic mass is 32.1. The average molecular weight is 246 g/mol. The van der Waals surface area contributed by atoms with Crippen molar-refractivity contribution in [2.75, 3.05) is 7.11 Å². The maximum atomic E-state index is 5.19. The van der Waals surface area contributed by atoms with E-state index in [0.717, 1.165) is 29.3 Å². The van der Waals surface area contributed by atoms with Crippen molar-refractivity contribution in [1.82, 2.24) is 9.97 Å². The third-order valence-corrected chi connectivity index (χ3v) is 2.64. The van der Waals surface area contributed by atoms with Crippen LogP contribution in [0.5, 0.6) is 5.75 Å². The minimum absolute atomic E-state index is 0.624. The van der Waals surface area contributed by atoms with Crippen molar-refractivity contribution in [3.63, 3.8) is 0 Å². The molecular weight excluding hydrogens is 232 g/mol. The zero-order valence-electron chi connectivity index (χ0n) is 9.86. The fourth-order valence-corrected chi connectivity index (χ4v) is 1.99. The number of benzene rings is 1. The molecule has 0 unspecified atom stereocenters. The van der Waals surface area contributed by atoms with E-state index in [0.29, 0.717) is 4.64 Å². The summed E-state index contributed by atoms with van der Waals surface area (Å²) >= 11 is 5.10. The van der Waals surface area contributed by atoms with Crippen LogP contribution in [0.4, 0.5) is 0 Å². The second-order valence-electron chi connectivity index (χ2n) is 3.88. The summed E-state index contributed by atoms with van der Waals surface area (Å²) in [4.78, 5) is 7.52. The van der Waals surface area contributed by atoms with E-state index in [1.54, 1.807) is 7.11 Å². The molecule has 0 spiro atoms. The van der Waals surface area contributed by atoms with Crippen molar-refractivity contribution < 1.29 is 4.74 Å². The first kappa shape index (κ1) is 11.8. The molecule has 0 saturated carbocycles. The number of ether oxygens (including phenoxy) is 1.